The summed E-state index contributed by atoms with van der Waals surface area (Å²) in [6.07, 6.45) is 0. The minimum atomic E-state index is -0.699. The molecule has 0 aliphatic heterocycles. The number of halogens is 2. The first-order chi connectivity index (χ1) is 13.6. The van der Waals surface area contributed by atoms with Crippen molar-refractivity contribution in [2.75, 3.05) is 6.61 Å². The van der Waals surface area contributed by atoms with Crippen LogP contribution in [0.3, 0.4) is 0 Å². The third kappa shape index (κ3) is 7.26. The third-order valence-corrected chi connectivity index (χ3v) is 4.64. The van der Waals surface area contributed by atoms with Gasteiger partial charge in [0.25, 0.3) is 5.91 Å². The van der Waals surface area contributed by atoms with Gasteiger partial charge >= 0.3 is 0 Å². The molecule has 0 unspecified atom stereocenters. The minimum Gasteiger partial charge on any atom is -0.482 e. The third-order valence-electron chi connectivity index (χ3n) is 4.10. The lowest BCUT2D eigenvalue weighted by atomic mass is 10.1. The van der Waals surface area contributed by atoms with Crippen molar-refractivity contribution in [3.8, 4) is 5.75 Å². The maximum Gasteiger partial charge on any atom is 0.261 e. The van der Waals surface area contributed by atoms with E-state index in [0.29, 0.717) is 15.8 Å². The van der Waals surface area contributed by atoms with Gasteiger partial charge in [0.1, 0.15) is 11.8 Å². The van der Waals surface area contributed by atoms with Crippen molar-refractivity contribution in [2.45, 2.75) is 45.8 Å². The lowest BCUT2D eigenvalue weighted by Gasteiger charge is -2.31. The summed E-state index contributed by atoms with van der Waals surface area (Å²) in [7, 11) is 0. The zero-order chi connectivity index (χ0) is 21.6. The fraction of sp³-hybridized carbons (Fsp3) is 0.364. The Kier molecular flexibility index (Phi) is 7.94. The first-order valence-corrected chi connectivity index (χ1v) is 10.1. The number of benzene rings is 2. The molecule has 0 saturated carbocycles. The summed E-state index contributed by atoms with van der Waals surface area (Å²) < 4.78 is 5.59. The predicted octanol–water partition coefficient (Wildman–Crippen LogP) is 4.70. The molecule has 0 saturated heterocycles. The molecule has 2 aromatic carbocycles. The van der Waals surface area contributed by atoms with E-state index in [1.54, 1.807) is 49.4 Å². The molecule has 0 aromatic heterocycles. The number of ether oxygens (including phenoxy) is 1. The van der Waals surface area contributed by atoms with E-state index in [1.807, 2.05) is 26.8 Å². The average molecular weight is 437 g/mol. The van der Waals surface area contributed by atoms with E-state index < -0.39 is 11.6 Å². The van der Waals surface area contributed by atoms with Crippen LogP contribution in [-0.2, 0) is 16.1 Å². The molecule has 2 aromatic rings. The number of carbonyl (C=O) groups excluding carboxylic acids is 2. The van der Waals surface area contributed by atoms with Gasteiger partial charge in [-0.25, -0.2) is 0 Å². The highest BCUT2D eigenvalue weighted by Crippen LogP contribution is 2.23. The number of nitrogens with one attached hydrogen (secondary N) is 1. The van der Waals surface area contributed by atoms with Gasteiger partial charge in [-0.1, -0.05) is 47.5 Å². The Morgan fingerprint density at radius 3 is 2.41 bits per heavy atom. The molecule has 0 fully saturated rings. The van der Waals surface area contributed by atoms with E-state index >= 15 is 0 Å². The summed E-state index contributed by atoms with van der Waals surface area (Å²) in [5, 5.41) is 3.89. The summed E-state index contributed by atoms with van der Waals surface area (Å²) in [4.78, 5) is 27.1. The van der Waals surface area contributed by atoms with Crippen LogP contribution in [0.5, 0.6) is 5.75 Å². The van der Waals surface area contributed by atoms with Gasteiger partial charge in [-0.2, -0.15) is 0 Å². The van der Waals surface area contributed by atoms with Crippen LogP contribution in [-0.4, -0.2) is 34.9 Å². The van der Waals surface area contributed by atoms with Gasteiger partial charge in [0, 0.05) is 17.1 Å². The van der Waals surface area contributed by atoms with Crippen molar-refractivity contribution in [2.24, 2.45) is 0 Å². The van der Waals surface area contributed by atoms with Crippen LogP contribution < -0.4 is 10.1 Å². The van der Waals surface area contributed by atoms with Crippen molar-refractivity contribution >= 4 is 35.0 Å². The molecule has 0 heterocycles. The standard InChI is InChI=1S/C22H26Cl2N2O3/c1-15(21(28)25-22(2,3)4)26(13-16-8-7-9-17(23)12-16)20(27)14-29-19-11-6-5-10-18(19)24/h5-12,15H,13-14H2,1-4H3,(H,25,28)/t15-/m1/s1. The number of carbonyl (C=O) groups is 2. The van der Waals surface area contributed by atoms with Crippen LogP contribution in [0.1, 0.15) is 33.3 Å². The topological polar surface area (TPSA) is 58.6 Å². The molecule has 5 nitrogen and oxygen atoms in total. The number of hydrogen-bond acceptors (Lipinski definition) is 3. The van der Waals surface area contributed by atoms with Gasteiger partial charge in [0.2, 0.25) is 5.91 Å². The molecule has 1 N–H and O–H groups in total. The van der Waals surface area contributed by atoms with E-state index in [0.717, 1.165) is 5.56 Å². The number of para-hydroxylation sites is 1. The first kappa shape index (κ1) is 23.0. The molecule has 156 valence electrons. The van der Waals surface area contributed by atoms with Crippen molar-refractivity contribution < 1.29 is 14.3 Å². The van der Waals surface area contributed by atoms with Gasteiger partial charge in [-0.05, 0) is 57.5 Å². The molecule has 0 radical (unpaired) electrons. The molecule has 1 atom stereocenters. The van der Waals surface area contributed by atoms with Crippen molar-refractivity contribution in [3.05, 3.63) is 64.1 Å². The predicted molar refractivity (Wildman–Crippen MR) is 116 cm³/mol. The second-order valence-electron chi connectivity index (χ2n) is 7.79. The van der Waals surface area contributed by atoms with Gasteiger partial charge in [-0.15, -0.1) is 0 Å². The molecule has 2 rings (SSSR count). The van der Waals surface area contributed by atoms with Gasteiger partial charge in [0.15, 0.2) is 6.61 Å². The highest BCUT2D eigenvalue weighted by molar-refractivity contribution is 6.32. The molecule has 29 heavy (non-hydrogen) atoms. The van der Waals surface area contributed by atoms with E-state index in [4.69, 9.17) is 27.9 Å². The molecular weight excluding hydrogens is 411 g/mol. The molecule has 0 aliphatic carbocycles. The highest BCUT2D eigenvalue weighted by Gasteiger charge is 2.28. The molecule has 7 heteroatoms. The number of nitrogens with zero attached hydrogens (tertiary/aromatic N) is 1. The molecule has 0 spiro atoms. The number of rotatable bonds is 7. The van der Waals surface area contributed by atoms with Crippen LogP contribution in [0, 0.1) is 0 Å². The van der Waals surface area contributed by atoms with Crippen molar-refractivity contribution in [1.82, 2.24) is 10.2 Å². The molecule has 0 aliphatic rings. The summed E-state index contributed by atoms with van der Waals surface area (Å²) >= 11 is 12.2. The van der Waals surface area contributed by atoms with Crippen LogP contribution in [0.4, 0.5) is 0 Å². The Morgan fingerprint density at radius 2 is 1.79 bits per heavy atom. The zero-order valence-corrected chi connectivity index (χ0v) is 18.6. The van der Waals surface area contributed by atoms with E-state index in [-0.39, 0.29) is 25.0 Å². The monoisotopic (exact) mass is 436 g/mol. The molecule has 2 amide bonds. The van der Waals surface area contributed by atoms with Crippen LogP contribution in [0.25, 0.3) is 0 Å². The van der Waals surface area contributed by atoms with Gasteiger partial charge in [0.05, 0.1) is 5.02 Å². The molecular formula is C22H26Cl2N2O3. The second-order valence-corrected chi connectivity index (χ2v) is 8.63. The largest absolute Gasteiger partial charge is 0.482 e. The SMILES string of the molecule is C[C@H](C(=O)NC(C)(C)C)N(Cc1cccc(Cl)c1)C(=O)COc1ccccc1Cl. The number of hydrogen-bond donors (Lipinski definition) is 1. The Morgan fingerprint density at radius 1 is 1.10 bits per heavy atom. The Bertz CT molecular complexity index is 865. The van der Waals surface area contributed by atoms with Crippen LogP contribution in [0.2, 0.25) is 10.0 Å². The smallest absolute Gasteiger partial charge is 0.261 e. The highest BCUT2D eigenvalue weighted by atomic mass is 35.5. The fourth-order valence-corrected chi connectivity index (χ4v) is 3.08. The maximum absolute atomic E-state index is 13.0. The zero-order valence-electron chi connectivity index (χ0n) is 17.0. The van der Waals surface area contributed by atoms with Crippen molar-refractivity contribution in [3.63, 3.8) is 0 Å². The first-order valence-electron chi connectivity index (χ1n) is 9.30. The van der Waals surface area contributed by atoms with E-state index in [9.17, 15) is 9.59 Å². The summed E-state index contributed by atoms with van der Waals surface area (Å²) in [6, 6.07) is 13.4. The Hall–Kier alpha value is -2.24. The van der Waals surface area contributed by atoms with Gasteiger partial charge in [-0.3, -0.25) is 9.59 Å². The van der Waals surface area contributed by atoms with Crippen molar-refractivity contribution in [1.29, 1.82) is 0 Å². The van der Waals surface area contributed by atoms with Gasteiger partial charge < -0.3 is 15.0 Å². The lowest BCUT2D eigenvalue weighted by Crippen LogP contribution is -2.53. The van der Waals surface area contributed by atoms with Crippen LogP contribution in [0.15, 0.2) is 48.5 Å². The lowest BCUT2D eigenvalue weighted by molar-refractivity contribution is -0.142. The van der Waals surface area contributed by atoms with E-state index in [1.165, 1.54) is 4.90 Å². The summed E-state index contributed by atoms with van der Waals surface area (Å²) in [5.41, 5.74) is 0.406. The fourth-order valence-electron chi connectivity index (χ4n) is 2.67. The normalized spacial score (nSPS) is 12.2. The number of amides is 2. The van der Waals surface area contributed by atoms with E-state index in [2.05, 4.69) is 5.32 Å². The Balaban J connectivity index is 2.19. The minimum absolute atomic E-state index is 0.226. The molecule has 0 bridgehead atoms. The summed E-state index contributed by atoms with van der Waals surface area (Å²) in [6.45, 7) is 7.35. The van der Waals surface area contributed by atoms with Crippen LogP contribution >= 0.6 is 23.2 Å². The average Bonchev–Trinajstić information content (AvgIpc) is 2.63. The Labute approximate surface area is 181 Å². The summed E-state index contributed by atoms with van der Waals surface area (Å²) in [5.74, 6) is -0.163. The quantitative estimate of drug-likeness (QED) is 0.683. The maximum atomic E-state index is 13.0. The second kappa shape index (κ2) is 9.99.